The molecule has 0 radical (unpaired) electrons. The van der Waals surface area contributed by atoms with Crippen molar-refractivity contribution in [1.29, 1.82) is 0 Å². The lowest BCUT2D eigenvalue weighted by molar-refractivity contribution is 0.0252. The van der Waals surface area contributed by atoms with Crippen molar-refractivity contribution in [2.24, 2.45) is 0 Å². The summed E-state index contributed by atoms with van der Waals surface area (Å²) in [6, 6.07) is 9.89. The third-order valence-electron chi connectivity index (χ3n) is 4.07. The molecule has 0 aliphatic heterocycles. The molecule has 2 rings (SSSR count). The number of aromatic hydroxyl groups is 2. The largest absolute Gasteiger partial charge is 0.504 e. The summed E-state index contributed by atoms with van der Waals surface area (Å²) in [6.45, 7) is 2.15. The Morgan fingerprint density at radius 3 is 1.88 bits per heavy atom. The molecule has 2 aromatic carbocycles. The molecule has 0 spiro atoms. The molecule has 0 bridgehead atoms. The third-order valence-corrected chi connectivity index (χ3v) is 4.07. The maximum absolute atomic E-state index is 9.99. The van der Waals surface area contributed by atoms with E-state index in [1.165, 1.54) is 26.4 Å². The van der Waals surface area contributed by atoms with E-state index in [1.54, 1.807) is 24.3 Å². The SMILES string of the molecule is CCO[C@@H](c1ccc(O)c(OC)c1)[C@H](CO)c1ccc(O)c(OC)c1. The van der Waals surface area contributed by atoms with Crippen molar-refractivity contribution in [3.05, 3.63) is 47.5 Å². The highest BCUT2D eigenvalue weighted by molar-refractivity contribution is 5.46. The van der Waals surface area contributed by atoms with Gasteiger partial charge in [-0.05, 0) is 42.3 Å². The standard InChI is InChI=1S/C19H24O6/c1-4-25-19(13-6-8-16(22)18(10-13)24-3)14(11-20)12-5-7-15(21)17(9-12)23-2/h5-10,14,19-22H,4,11H2,1-3H3/t14-,19+/m1/s1. The van der Waals surface area contributed by atoms with Gasteiger partial charge < -0.3 is 29.5 Å². The Balaban J connectivity index is 2.46. The number of benzene rings is 2. The monoisotopic (exact) mass is 348 g/mol. The summed E-state index contributed by atoms with van der Waals surface area (Å²) in [5.74, 6) is 0.343. The van der Waals surface area contributed by atoms with Crippen molar-refractivity contribution in [1.82, 2.24) is 0 Å². The van der Waals surface area contributed by atoms with Crippen molar-refractivity contribution in [3.8, 4) is 23.0 Å². The van der Waals surface area contributed by atoms with Gasteiger partial charge in [-0.15, -0.1) is 0 Å². The van der Waals surface area contributed by atoms with Gasteiger partial charge in [-0.2, -0.15) is 0 Å². The molecule has 2 atom stereocenters. The topological polar surface area (TPSA) is 88.4 Å². The fourth-order valence-electron chi connectivity index (χ4n) is 2.80. The fraction of sp³-hybridized carbons (Fsp3) is 0.368. The molecule has 0 aliphatic carbocycles. The van der Waals surface area contributed by atoms with Gasteiger partial charge in [0.25, 0.3) is 0 Å². The van der Waals surface area contributed by atoms with E-state index in [1.807, 2.05) is 6.92 Å². The molecule has 6 heteroatoms. The van der Waals surface area contributed by atoms with Crippen LogP contribution in [0.5, 0.6) is 23.0 Å². The van der Waals surface area contributed by atoms with E-state index >= 15 is 0 Å². The van der Waals surface area contributed by atoms with E-state index in [2.05, 4.69) is 0 Å². The molecule has 0 saturated heterocycles. The van der Waals surface area contributed by atoms with Gasteiger partial charge in [0.2, 0.25) is 0 Å². The molecule has 3 N–H and O–H groups in total. The van der Waals surface area contributed by atoms with E-state index in [0.29, 0.717) is 18.1 Å². The molecule has 0 aromatic heterocycles. The molecule has 0 saturated carbocycles. The number of ether oxygens (including phenoxy) is 3. The summed E-state index contributed by atoms with van der Waals surface area (Å²) < 4.78 is 16.2. The van der Waals surface area contributed by atoms with Crippen LogP contribution in [0.2, 0.25) is 0 Å². The number of aliphatic hydroxyl groups excluding tert-OH is 1. The van der Waals surface area contributed by atoms with Gasteiger partial charge in [0.15, 0.2) is 23.0 Å². The summed E-state index contributed by atoms with van der Waals surface area (Å²) >= 11 is 0. The molecule has 0 heterocycles. The Bertz CT molecular complexity index is 700. The Labute approximate surface area is 147 Å². The van der Waals surface area contributed by atoms with Crippen LogP contribution in [0.1, 0.15) is 30.1 Å². The lowest BCUT2D eigenvalue weighted by Gasteiger charge is -2.27. The van der Waals surface area contributed by atoms with Crippen LogP contribution in [0.4, 0.5) is 0 Å². The molecular formula is C19H24O6. The van der Waals surface area contributed by atoms with Crippen molar-refractivity contribution in [2.75, 3.05) is 27.4 Å². The van der Waals surface area contributed by atoms with Crippen molar-refractivity contribution < 1.29 is 29.5 Å². The smallest absolute Gasteiger partial charge is 0.160 e. The minimum Gasteiger partial charge on any atom is -0.504 e. The number of hydrogen-bond donors (Lipinski definition) is 3. The van der Waals surface area contributed by atoms with E-state index in [4.69, 9.17) is 14.2 Å². The van der Waals surface area contributed by atoms with E-state index in [0.717, 1.165) is 11.1 Å². The molecule has 6 nitrogen and oxygen atoms in total. The van der Waals surface area contributed by atoms with E-state index in [-0.39, 0.29) is 24.0 Å². The average Bonchev–Trinajstić information content (AvgIpc) is 2.63. The second-order valence-electron chi connectivity index (χ2n) is 5.53. The molecular weight excluding hydrogens is 324 g/mol. The number of aliphatic hydroxyl groups is 1. The molecule has 0 amide bonds. The van der Waals surface area contributed by atoms with Gasteiger partial charge in [0, 0.05) is 12.5 Å². The minimum atomic E-state index is -0.459. The summed E-state index contributed by atoms with van der Waals surface area (Å²) in [5, 5.41) is 29.6. The average molecular weight is 348 g/mol. The lowest BCUT2D eigenvalue weighted by Crippen LogP contribution is -2.18. The lowest BCUT2D eigenvalue weighted by atomic mass is 9.89. The third kappa shape index (κ3) is 4.15. The van der Waals surface area contributed by atoms with Gasteiger partial charge >= 0.3 is 0 Å². The molecule has 0 aliphatic rings. The number of hydrogen-bond acceptors (Lipinski definition) is 6. The zero-order valence-corrected chi connectivity index (χ0v) is 14.6. The van der Waals surface area contributed by atoms with Gasteiger partial charge in [-0.1, -0.05) is 12.1 Å². The van der Waals surface area contributed by atoms with Crippen LogP contribution in [0.25, 0.3) is 0 Å². The van der Waals surface area contributed by atoms with Gasteiger partial charge in [-0.3, -0.25) is 0 Å². The van der Waals surface area contributed by atoms with Gasteiger partial charge in [-0.25, -0.2) is 0 Å². The van der Waals surface area contributed by atoms with Crippen LogP contribution in [0.3, 0.4) is 0 Å². The summed E-state index contributed by atoms with van der Waals surface area (Å²) in [5.41, 5.74) is 1.53. The van der Waals surface area contributed by atoms with Crippen molar-refractivity contribution >= 4 is 0 Å². The van der Waals surface area contributed by atoms with Crippen LogP contribution in [-0.4, -0.2) is 42.8 Å². The highest BCUT2D eigenvalue weighted by atomic mass is 16.5. The number of phenols is 2. The Kier molecular flexibility index (Phi) is 6.50. The van der Waals surface area contributed by atoms with Crippen LogP contribution in [0, 0.1) is 0 Å². The molecule has 136 valence electrons. The summed E-state index contributed by atoms with van der Waals surface area (Å²) in [7, 11) is 2.94. The highest BCUT2D eigenvalue weighted by Crippen LogP contribution is 2.39. The van der Waals surface area contributed by atoms with Crippen LogP contribution in [-0.2, 0) is 4.74 Å². The number of methoxy groups -OCH3 is 2. The van der Waals surface area contributed by atoms with Crippen LogP contribution >= 0.6 is 0 Å². The first-order valence-electron chi connectivity index (χ1n) is 8.01. The zero-order chi connectivity index (χ0) is 18.4. The van der Waals surface area contributed by atoms with Crippen molar-refractivity contribution in [2.45, 2.75) is 18.9 Å². The van der Waals surface area contributed by atoms with E-state index in [9.17, 15) is 15.3 Å². The van der Waals surface area contributed by atoms with Gasteiger partial charge in [0.05, 0.1) is 26.9 Å². The van der Waals surface area contributed by atoms with Crippen LogP contribution < -0.4 is 9.47 Å². The zero-order valence-electron chi connectivity index (χ0n) is 14.6. The molecule has 25 heavy (non-hydrogen) atoms. The molecule has 2 aromatic rings. The Hall–Kier alpha value is -2.44. The first-order valence-corrected chi connectivity index (χ1v) is 8.01. The Morgan fingerprint density at radius 2 is 1.40 bits per heavy atom. The Morgan fingerprint density at radius 1 is 0.880 bits per heavy atom. The van der Waals surface area contributed by atoms with Gasteiger partial charge in [0.1, 0.15) is 0 Å². The second kappa shape index (κ2) is 8.60. The van der Waals surface area contributed by atoms with Crippen LogP contribution in [0.15, 0.2) is 36.4 Å². The molecule has 0 unspecified atom stereocenters. The summed E-state index contributed by atoms with van der Waals surface area (Å²) in [4.78, 5) is 0. The minimum absolute atomic E-state index is 0.0298. The highest BCUT2D eigenvalue weighted by Gasteiger charge is 2.26. The number of rotatable bonds is 8. The predicted molar refractivity (Wildman–Crippen MR) is 93.5 cm³/mol. The maximum Gasteiger partial charge on any atom is 0.160 e. The first kappa shape index (κ1) is 18.9. The van der Waals surface area contributed by atoms with Crippen molar-refractivity contribution in [3.63, 3.8) is 0 Å². The second-order valence-corrected chi connectivity index (χ2v) is 5.53. The van der Waals surface area contributed by atoms with E-state index < -0.39 is 6.10 Å². The fourth-order valence-corrected chi connectivity index (χ4v) is 2.80. The molecule has 0 fully saturated rings. The number of phenolic OH excluding ortho intramolecular Hbond substituents is 2. The quantitative estimate of drug-likeness (QED) is 0.680. The predicted octanol–water partition coefficient (Wildman–Crippen LogP) is 2.97. The maximum atomic E-state index is 9.99. The summed E-state index contributed by atoms with van der Waals surface area (Å²) in [6.07, 6.45) is -0.459. The first-order chi connectivity index (χ1) is 12.0. The normalized spacial score (nSPS) is 13.3.